The number of para-hydroxylation sites is 1. The zero-order valence-corrected chi connectivity index (χ0v) is 38.6. The molecule has 0 radical (unpaired) electrons. The van der Waals surface area contributed by atoms with Gasteiger partial charge in [0.1, 0.15) is 30.5 Å². The number of nitrogens with two attached hydrogens (primary N) is 2. The Hall–Kier alpha value is -3.91. The first kappa shape index (κ1) is 58.1. The lowest BCUT2D eigenvalue weighted by Gasteiger charge is -2.26. The fraction of sp³-hybridized carbons (Fsp3) is 0.405. The molecule has 3 rings (SSSR count). The molecule has 0 aliphatic rings. The zero-order valence-electron chi connectivity index (χ0n) is 34.0. The van der Waals surface area contributed by atoms with Crippen molar-refractivity contribution >= 4 is 100 Å². The van der Waals surface area contributed by atoms with E-state index in [0.717, 1.165) is 40.5 Å². The van der Waals surface area contributed by atoms with Gasteiger partial charge in [0.2, 0.25) is 11.7 Å². The number of nitrogens with zero attached hydrogens (tertiary/aromatic N) is 5. The van der Waals surface area contributed by atoms with Gasteiger partial charge in [-0.3, -0.25) is 34.0 Å². The maximum absolute atomic E-state index is 12.6. The summed E-state index contributed by atoms with van der Waals surface area (Å²) in [5.74, 6) is -2.03. The molecule has 6 N–H and O–H groups in total. The second-order valence-corrected chi connectivity index (χ2v) is 17.2. The van der Waals surface area contributed by atoms with E-state index in [2.05, 4.69) is 32.1 Å². The van der Waals surface area contributed by atoms with Crippen LogP contribution in [0.25, 0.3) is 5.69 Å². The second kappa shape index (κ2) is 28.0. The highest BCUT2D eigenvalue weighted by Gasteiger charge is 2.33. The van der Waals surface area contributed by atoms with Crippen LogP contribution in [0.15, 0.2) is 61.8 Å². The van der Waals surface area contributed by atoms with Crippen molar-refractivity contribution in [2.24, 2.45) is 5.73 Å². The predicted octanol–water partition coefficient (Wildman–Crippen LogP) is 8.35. The highest BCUT2D eigenvalue weighted by Crippen LogP contribution is 2.39. The number of nitro groups is 1. The van der Waals surface area contributed by atoms with E-state index in [9.17, 15) is 42.2 Å². The van der Waals surface area contributed by atoms with Crippen molar-refractivity contribution in [1.82, 2.24) is 14.7 Å². The molecule has 3 aromatic rings. The van der Waals surface area contributed by atoms with Gasteiger partial charge in [0.25, 0.3) is 5.91 Å². The molecule has 0 aliphatic heterocycles. The number of methoxy groups -OCH3 is 1. The fourth-order valence-corrected chi connectivity index (χ4v) is 6.65. The van der Waals surface area contributed by atoms with E-state index in [4.69, 9.17) is 84.2 Å². The van der Waals surface area contributed by atoms with Crippen molar-refractivity contribution < 1.29 is 51.8 Å². The molecule has 0 spiro atoms. The van der Waals surface area contributed by atoms with E-state index in [-0.39, 0.29) is 52.7 Å². The number of ether oxygens (including phenoxy) is 1. The number of amides is 2. The maximum atomic E-state index is 12.6. The van der Waals surface area contributed by atoms with Gasteiger partial charge < -0.3 is 31.1 Å². The lowest BCUT2D eigenvalue weighted by atomic mass is 10.0. The Kier molecular flexibility index (Phi) is 26.2. The molecule has 0 bridgehead atoms. The number of alkyl halides is 6. The van der Waals surface area contributed by atoms with Crippen LogP contribution in [0.3, 0.4) is 0 Å². The molecule has 2 unspecified atom stereocenters. The summed E-state index contributed by atoms with van der Waals surface area (Å²) < 4.78 is 54.4. The fourth-order valence-electron chi connectivity index (χ4n) is 4.83. The Morgan fingerprint density at radius 1 is 1.10 bits per heavy atom. The molecule has 16 nitrogen and oxygen atoms in total. The van der Waals surface area contributed by atoms with Gasteiger partial charge in [-0.2, -0.15) is 18.3 Å². The molecular formula is C37H48Cl5F3N7O9P. The van der Waals surface area contributed by atoms with E-state index in [1.165, 1.54) is 11.6 Å². The molecule has 2 aromatic carbocycles. The highest BCUT2D eigenvalue weighted by atomic mass is 35.5. The molecule has 0 saturated carbocycles. The largest absolute Gasteiger partial charge is 0.480 e. The molecule has 346 valence electrons. The average Bonchev–Trinajstić information content (AvgIpc) is 3.58. The number of nitrogen functional groups attached to an aromatic ring is 1. The summed E-state index contributed by atoms with van der Waals surface area (Å²) >= 11 is 28.0. The molecule has 1 aromatic heterocycles. The lowest BCUT2D eigenvalue weighted by Crippen LogP contribution is -2.35. The summed E-state index contributed by atoms with van der Waals surface area (Å²) in [6.07, 6.45) is 1.18. The summed E-state index contributed by atoms with van der Waals surface area (Å²) in [6, 6.07) is 6.34. The van der Waals surface area contributed by atoms with Crippen LogP contribution in [0, 0.1) is 10.1 Å². The molecule has 2 amide bonds. The first-order valence-electron chi connectivity index (χ1n) is 17.8. The van der Waals surface area contributed by atoms with Crippen LogP contribution in [-0.2, 0) is 42.7 Å². The monoisotopic (exact) mass is 997 g/mol. The van der Waals surface area contributed by atoms with Gasteiger partial charge >= 0.3 is 17.8 Å². The van der Waals surface area contributed by atoms with Gasteiger partial charge in [-0.15, -0.1) is 24.8 Å². The zero-order chi connectivity index (χ0) is 48.1. The van der Waals surface area contributed by atoms with Gasteiger partial charge in [0.15, 0.2) is 12.2 Å². The highest BCUT2D eigenvalue weighted by molar-refractivity contribution is 7.57. The van der Waals surface area contributed by atoms with E-state index >= 15 is 0 Å². The normalized spacial score (nSPS) is 12.2. The number of halogens is 8. The van der Waals surface area contributed by atoms with E-state index < -0.39 is 52.4 Å². The van der Waals surface area contributed by atoms with E-state index in [0.29, 0.717) is 25.2 Å². The molecule has 62 heavy (non-hydrogen) atoms. The third-order valence-electron chi connectivity index (χ3n) is 7.82. The van der Waals surface area contributed by atoms with Crippen molar-refractivity contribution in [2.75, 3.05) is 56.3 Å². The van der Waals surface area contributed by atoms with Gasteiger partial charge in [0.05, 0.1) is 26.2 Å². The number of rotatable bonds is 17. The molecular weight excluding hydrogens is 952 g/mol. The number of carbonyl (C=O) groups is 3. The van der Waals surface area contributed by atoms with Crippen LogP contribution in [-0.4, -0.2) is 104 Å². The third kappa shape index (κ3) is 19.2. The van der Waals surface area contributed by atoms with Crippen molar-refractivity contribution in [2.45, 2.75) is 50.2 Å². The number of aromatic nitrogens is 2. The van der Waals surface area contributed by atoms with Gasteiger partial charge in [-0.25, -0.2) is 4.68 Å². The van der Waals surface area contributed by atoms with Gasteiger partial charge in [0, 0.05) is 33.0 Å². The topological polar surface area (TPSA) is 237 Å². The first-order valence-corrected chi connectivity index (χ1v) is 22.3. The number of aryl methyl sites for hydroxylation is 2. The Bertz CT molecular complexity index is 1980. The Labute approximate surface area is 381 Å². The number of aliphatic carboxylic acids is 1. The first-order chi connectivity index (χ1) is 28.8. The number of hydrogen-bond donors (Lipinski definition) is 4. The second-order valence-electron chi connectivity index (χ2n) is 12.5. The quantitative estimate of drug-likeness (QED) is 0.0249. The van der Waals surface area contributed by atoms with Crippen molar-refractivity contribution in [3.8, 4) is 5.69 Å². The van der Waals surface area contributed by atoms with Crippen molar-refractivity contribution in [3.05, 3.63) is 98.7 Å². The molecule has 2 atom stereocenters. The number of anilines is 2. The number of carboxylic acids is 1. The number of carboxylic acid groups (broad SMARTS) is 1. The molecule has 0 fully saturated rings. The average molecular weight is 1000 g/mol. The minimum Gasteiger partial charge on any atom is -0.480 e. The minimum atomic E-state index is -4.63. The third-order valence-corrected chi connectivity index (χ3v) is 10.1. The number of carbonyl (C=O) groups excluding carboxylic acids is 2. The Balaban J connectivity index is 0.000000831. The minimum absolute atomic E-state index is 0.0371. The summed E-state index contributed by atoms with van der Waals surface area (Å²) in [5, 5.41) is 21.8. The molecule has 1 heterocycles. The standard InChI is InChI=1S/C14H20ClNO2.C10H5Cl2F3N4O2.C8H11Cl2NO.C5H12NO4P/c1-4-11-7-6-8-12(5-2)14(11)16(10-18-3)13(17)9-15;11-5-1-4(10(13,14)15)2-6(12)8(5)18-9(16)7(3-17-18)19(20)21;1-3-5-11(6-4-2)8(12)7(9)10;1-11(9,10)3-2-4(6)5(7)8/h6-8H,4-5,9-10H2,1-3H3;1-3H,16H2;3-4,7H,1-2,5-6H2;4H,2-3,6H2,1H3,(H,7,8)(H,9,10). The molecule has 0 saturated heterocycles. The van der Waals surface area contributed by atoms with Crippen molar-refractivity contribution in [3.63, 3.8) is 0 Å². The SMILES string of the molecule is C=CCN(CC=C)C(=O)C(Cl)Cl.CCc1cccc(CC)c1N(COC)C(=O)CCl.CP(=O)(O)CCC(N)C(=O)O.Nc1c([N+](=O)[O-])cnn1-c1c(Cl)cc(C(F)(F)F)cc1Cl. The lowest BCUT2D eigenvalue weighted by molar-refractivity contribution is -0.383. The number of hydrogen-bond acceptors (Lipinski definition) is 10. The van der Waals surface area contributed by atoms with Crippen LogP contribution < -0.4 is 16.4 Å². The number of benzene rings is 2. The van der Waals surface area contributed by atoms with Crippen LogP contribution >= 0.6 is 65.4 Å². The van der Waals surface area contributed by atoms with Crippen molar-refractivity contribution in [1.29, 1.82) is 0 Å². The predicted molar refractivity (Wildman–Crippen MR) is 238 cm³/mol. The Morgan fingerprint density at radius 3 is 1.94 bits per heavy atom. The smallest absolute Gasteiger partial charge is 0.416 e. The van der Waals surface area contributed by atoms with E-state index in [1.807, 2.05) is 18.2 Å². The molecule has 0 aliphatic carbocycles. The van der Waals surface area contributed by atoms with Gasteiger partial charge in [-0.05, 0) is 42.5 Å². The van der Waals surface area contributed by atoms with Crippen LogP contribution in [0.5, 0.6) is 0 Å². The maximum Gasteiger partial charge on any atom is 0.416 e. The van der Waals surface area contributed by atoms with E-state index in [1.54, 1.807) is 24.2 Å². The van der Waals surface area contributed by atoms with Crippen LogP contribution in [0.2, 0.25) is 10.0 Å². The van der Waals surface area contributed by atoms with Crippen LogP contribution in [0.4, 0.5) is 30.4 Å². The Morgan fingerprint density at radius 2 is 1.60 bits per heavy atom. The molecule has 25 heteroatoms. The van der Waals surface area contributed by atoms with Crippen LogP contribution in [0.1, 0.15) is 37.0 Å². The van der Waals surface area contributed by atoms with Gasteiger partial charge in [-0.1, -0.05) is 90.6 Å². The summed E-state index contributed by atoms with van der Waals surface area (Å²) in [5.41, 5.74) is 12.1. The summed E-state index contributed by atoms with van der Waals surface area (Å²) in [4.78, 5) is 54.0. The summed E-state index contributed by atoms with van der Waals surface area (Å²) in [7, 11) is -1.52. The summed E-state index contributed by atoms with van der Waals surface area (Å²) in [6.45, 7) is 13.5.